The number of halogens is 3. The molecule has 0 radical (unpaired) electrons. The van der Waals surface area contributed by atoms with E-state index in [-0.39, 0.29) is 12.1 Å². The number of hydrogen-bond donors (Lipinski definition) is 2. The quantitative estimate of drug-likeness (QED) is 0.556. The molecule has 2 rings (SSSR count). The number of methoxy groups -OCH3 is 1. The minimum Gasteiger partial charge on any atom is -0.497 e. The van der Waals surface area contributed by atoms with Crippen LogP contribution in [0.25, 0.3) is 0 Å². The smallest absolute Gasteiger partial charge is 0.435 e. The summed E-state index contributed by atoms with van der Waals surface area (Å²) >= 11 is 0. The van der Waals surface area contributed by atoms with Crippen LogP contribution in [0.2, 0.25) is 0 Å². The predicted molar refractivity (Wildman–Crippen MR) is 102 cm³/mol. The first-order chi connectivity index (χ1) is 13.2. The predicted octanol–water partition coefficient (Wildman–Crippen LogP) is 3.31. The Morgan fingerprint density at radius 3 is 2.50 bits per heavy atom. The van der Waals surface area contributed by atoms with Gasteiger partial charge in [0.1, 0.15) is 5.75 Å². The zero-order chi connectivity index (χ0) is 20.7. The third-order valence-corrected chi connectivity index (χ3v) is 4.40. The molecular weight excluding hydrogens is 371 g/mol. The van der Waals surface area contributed by atoms with Gasteiger partial charge in [0, 0.05) is 38.9 Å². The Bertz CT molecular complexity index is 784. The van der Waals surface area contributed by atoms with Gasteiger partial charge in [0.15, 0.2) is 11.7 Å². The van der Waals surface area contributed by atoms with Gasteiger partial charge in [0.2, 0.25) is 0 Å². The highest BCUT2D eigenvalue weighted by Crippen LogP contribution is 2.30. The van der Waals surface area contributed by atoms with Crippen LogP contribution in [0.1, 0.15) is 36.1 Å². The van der Waals surface area contributed by atoms with Crippen LogP contribution in [-0.2, 0) is 19.8 Å². The average Bonchev–Trinajstić information content (AvgIpc) is 3.05. The Labute approximate surface area is 162 Å². The van der Waals surface area contributed by atoms with E-state index in [1.54, 1.807) is 14.2 Å². The van der Waals surface area contributed by atoms with Gasteiger partial charge in [0.05, 0.1) is 7.11 Å². The van der Waals surface area contributed by atoms with E-state index in [1.807, 2.05) is 24.3 Å². The Morgan fingerprint density at radius 2 is 1.93 bits per heavy atom. The summed E-state index contributed by atoms with van der Waals surface area (Å²) in [7, 11) is 4.67. The molecule has 0 saturated heterocycles. The third-order valence-electron chi connectivity index (χ3n) is 4.40. The number of alkyl halides is 3. The number of rotatable bonds is 7. The maximum Gasteiger partial charge on any atom is 0.435 e. The molecule has 6 nitrogen and oxygen atoms in total. The van der Waals surface area contributed by atoms with E-state index in [2.05, 4.69) is 27.6 Å². The summed E-state index contributed by atoms with van der Waals surface area (Å²) in [5, 5.41) is 9.54. The van der Waals surface area contributed by atoms with Crippen LogP contribution in [0.3, 0.4) is 0 Å². The normalized spacial score (nSPS) is 13.3. The molecule has 1 aromatic heterocycles. The minimum absolute atomic E-state index is 0.0175. The van der Waals surface area contributed by atoms with Gasteiger partial charge in [0.25, 0.3) is 0 Å². The lowest BCUT2D eigenvalue weighted by molar-refractivity contribution is -0.142. The average molecular weight is 397 g/mol. The fraction of sp³-hybridized carbons (Fsp3) is 0.474. The van der Waals surface area contributed by atoms with E-state index in [0.29, 0.717) is 18.4 Å². The summed E-state index contributed by atoms with van der Waals surface area (Å²) in [6, 6.07) is 7.90. The van der Waals surface area contributed by atoms with Gasteiger partial charge in [-0.2, -0.15) is 18.3 Å². The number of aliphatic imine (C=N–C) groups is 1. The Balaban J connectivity index is 1.85. The van der Waals surface area contributed by atoms with Crippen molar-refractivity contribution in [1.82, 2.24) is 20.4 Å². The lowest BCUT2D eigenvalue weighted by atomic mass is 9.98. The van der Waals surface area contributed by atoms with Crippen molar-refractivity contribution in [3.05, 3.63) is 47.3 Å². The van der Waals surface area contributed by atoms with Crippen molar-refractivity contribution in [3.8, 4) is 5.75 Å². The molecule has 2 aromatic rings. The number of aromatic nitrogens is 2. The van der Waals surface area contributed by atoms with Crippen LogP contribution in [-0.4, -0.2) is 36.4 Å². The SMILES string of the molecule is CN=C(NCCC(C)c1ccc(OC)cc1)NCc1cn(C)nc1C(F)(F)F. The maximum absolute atomic E-state index is 13.0. The van der Waals surface area contributed by atoms with Crippen molar-refractivity contribution in [2.24, 2.45) is 12.0 Å². The lowest BCUT2D eigenvalue weighted by Gasteiger charge is -2.15. The molecule has 0 fully saturated rings. The van der Waals surface area contributed by atoms with E-state index in [0.717, 1.165) is 16.9 Å². The third kappa shape index (κ3) is 5.90. The molecular formula is C19H26F3N5O. The van der Waals surface area contributed by atoms with Crippen molar-refractivity contribution in [1.29, 1.82) is 0 Å². The molecule has 1 unspecified atom stereocenters. The Hall–Kier alpha value is -2.71. The summed E-state index contributed by atoms with van der Waals surface area (Å²) in [6.07, 6.45) is -2.29. The second kappa shape index (κ2) is 9.48. The molecule has 0 saturated carbocycles. The Morgan fingerprint density at radius 1 is 1.25 bits per heavy atom. The van der Waals surface area contributed by atoms with Gasteiger partial charge < -0.3 is 15.4 Å². The van der Waals surface area contributed by atoms with Gasteiger partial charge in [-0.1, -0.05) is 19.1 Å². The molecule has 0 bridgehead atoms. The van der Waals surface area contributed by atoms with E-state index < -0.39 is 11.9 Å². The highest BCUT2D eigenvalue weighted by atomic mass is 19.4. The van der Waals surface area contributed by atoms with Crippen molar-refractivity contribution in [2.75, 3.05) is 20.7 Å². The van der Waals surface area contributed by atoms with Gasteiger partial charge in [-0.25, -0.2) is 0 Å². The van der Waals surface area contributed by atoms with Gasteiger partial charge >= 0.3 is 6.18 Å². The standard InChI is InChI=1S/C19H26F3N5O/c1-13(14-5-7-16(28-4)8-6-14)9-10-24-18(23-2)25-11-15-12-27(3)26-17(15)19(20,21)22/h5-8,12-13H,9-11H2,1-4H3,(H2,23,24,25). The molecule has 1 aromatic carbocycles. The van der Waals surface area contributed by atoms with Crippen LogP contribution in [0.5, 0.6) is 5.75 Å². The van der Waals surface area contributed by atoms with Crippen molar-refractivity contribution in [3.63, 3.8) is 0 Å². The number of aryl methyl sites for hydroxylation is 1. The van der Waals surface area contributed by atoms with Crippen LogP contribution >= 0.6 is 0 Å². The summed E-state index contributed by atoms with van der Waals surface area (Å²) < 4.78 is 45.4. The molecule has 0 aliphatic rings. The summed E-state index contributed by atoms with van der Waals surface area (Å²) in [6.45, 7) is 2.73. The summed E-state index contributed by atoms with van der Waals surface area (Å²) in [4.78, 5) is 4.06. The van der Waals surface area contributed by atoms with E-state index in [4.69, 9.17) is 4.74 Å². The largest absolute Gasteiger partial charge is 0.497 e. The molecule has 9 heteroatoms. The topological polar surface area (TPSA) is 63.5 Å². The van der Waals surface area contributed by atoms with Crippen LogP contribution in [0.4, 0.5) is 13.2 Å². The van der Waals surface area contributed by atoms with Crippen molar-refractivity contribution in [2.45, 2.75) is 32.0 Å². The molecule has 2 N–H and O–H groups in total. The second-order valence-electron chi connectivity index (χ2n) is 6.49. The lowest BCUT2D eigenvalue weighted by Crippen LogP contribution is -2.37. The molecule has 0 amide bonds. The van der Waals surface area contributed by atoms with Crippen LogP contribution in [0.15, 0.2) is 35.5 Å². The fourth-order valence-electron chi connectivity index (χ4n) is 2.81. The minimum atomic E-state index is -4.48. The van der Waals surface area contributed by atoms with Crippen molar-refractivity contribution < 1.29 is 17.9 Å². The number of benzene rings is 1. The van der Waals surface area contributed by atoms with Gasteiger partial charge in [-0.3, -0.25) is 9.67 Å². The van der Waals surface area contributed by atoms with E-state index in [1.165, 1.54) is 18.8 Å². The van der Waals surface area contributed by atoms with Gasteiger partial charge in [-0.15, -0.1) is 0 Å². The number of nitrogens with one attached hydrogen (secondary N) is 2. The first-order valence-corrected chi connectivity index (χ1v) is 8.92. The summed E-state index contributed by atoms with van der Waals surface area (Å²) in [5.41, 5.74) is 0.381. The monoisotopic (exact) mass is 397 g/mol. The summed E-state index contributed by atoms with van der Waals surface area (Å²) in [5.74, 6) is 1.57. The number of hydrogen-bond acceptors (Lipinski definition) is 3. The highest BCUT2D eigenvalue weighted by molar-refractivity contribution is 5.79. The first kappa shape index (κ1) is 21.6. The highest BCUT2D eigenvalue weighted by Gasteiger charge is 2.36. The first-order valence-electron chi connectivity index (χ1n) is 8.92. The molecule has 1 atom stereocenters. The number of guanidine groups is 1. The molecule has 154 valence electrons. The van der Waals surface area contributed by atoms with Gasteiger partial charge in [-0.05, 0) is 30.0 Å². The zero-order valence-electron chi connectivity index (χ0n) is 16.5. The van der Waals surface area contributed by atoms with Crippen LogP contribution in [0, 0.1) is 0 Å². The maximum atomic E-state index is 13.0. The zero-order valence-corrected chi connectivity index (χ0v) is 16.5. The molecule has 0 aliphatic carbocycles. The number of nitrogens with zero attached hydrogens (tertiary/aromatic N) is 3. The molecule has 0 aliphatic heterocycles. The van der Waals surface area contributed by atoms with Crippen molar-refractivity contribution >= 4 is 5.96 Å². The van der Waals surface area contributed by atoms with E-state index >= 15 is 0 Å². The Kier molecular flexibility index (Phi) is 7.31. The fourth-order valence-corrected chi connectivity index (χ4v) is 2.81. The molecule has 0 spiro atoms. The molecule has 1 heterocycles. The second-order valence-corrected chi connectivity index (χ2v) is 6.49. The number of ether oxygens (including phenoxy) is 1. The molecule has 28 heavy (non-hydrogen) atoms. The van der Waals surface area contributed by atoms with E-state index in [9.17, 15) is 13.2 Å². The van der Waals surface area contributed by atoms with Crippen LogP contribution < -0.4 is 15.4 Å².